The van der Waals surface area contributed by atoms with E-state index in [1.165, 1.54) is 0 Å². The van der Waals surface area contributed by atoms with Gasteiger partial charge in [0, 0.05) is 24.1 Å². The van der Waals surface area contributed by atoms with Gasteiger partial charge in [-0.05, 0) is 55.3 Å². The van der Waals surface area contributed by atoms with Crippen molar-refractivity contribution in [3.05, 3.63) is 59.2 Å². The fraction of sp³-hybridized carbons (Fsp3) is 0.263. The first kappa shape index (κ1) is 16.7. The van der Waals surface area contributed by atoms with Crippen LogP contribution in [0.2, 0.25) is 0 Å². The zero-order chi connectivity index (χ0) is 16.8. The maximum Gasteiger partial charge on any atom is 0.224 e. The summed E-state index contributed by atoms with van der Waals surface area (Å²) in [6.07, 6.45) is 0.363. The number of carbonyl (C=O) groups is 2. The number of benzene rings is 2. The fourth-order valence-corrected chi connectivity index (χ4v) is 2.18. The van der Waals surface area contributed by atoms with Gasteiger partial charge >= 0.3 is 0 Å². The summed E-state index contributed by atoms with van der Waals surface area (Å²) >= 11 is 0. The molecule has 120 valence electrons. The Balaban J connectivity index is 1.87. The highest BCUT2D eigenvalue weighted by Gasteiger charge is 2.10. The lowest BCUT2D eigenvalue weighted by molar-refractivity contribution is -0.116. The number of carbonyl (C=O) groups excluding carboxylic acids is 2. The highest BCUT2D eigenvalue weighted by atomic mass is 16.5. The minimum Gasteiger partial charge on any atom is -0.497 e. The standard InChI is InChI=1S/C19H21NO3/c1-13-4-5-15(12-14(13)2)18(21)10-11-19(22)20-16-6-8-17(23-3)9-7-16/h4-9,12H,10-11H2,1-3H3,(H,20,22). The monoisotopic (exact) mass is 311 g/mol. The van der Waals surface area contributed by atoms with E-state index < -0.39 is 0 Å². The summed E-state index contributed by atoms with van der Waals surface area (Å²) in [6.45, 7) is 3.98. The van der Waals surface area contributed by atoms with E-state index >= 15 is 0 Å². The van der Waals surface area contributed by atoms with E-state index in [0.29, 0.717) is 11.3 Å². The molecule has 0 bridgehead atoms. The van der Waals surface area contributed by atoms with Crippen LogP contribution in [0.3, 0.4) is 0 Å². The van der Waals surface area contributed by atoms with E-state index in [1.54, 1.807) is 31.4 Å². The average Bonchev–Trinajstić information content (AvgIpc) is 2.56. The van der Waals surface area contributed by atoms with Gasteiger partial charge in [-0.25, -0.2) is 0 Å². The van der Waals surface area contributed by atoms with Crippen LogP contribution in [0.25, 0.3) is 0 Å². The van der Waals surface area contributed by atoms with Crippen LogP contribution in [-0.4, -0.2) is 18.8 Å². The van der Waals surface area contributed by atoms with Crippen molar-refractivity contribution in [2.24, 2.45) is 0 Å². The predicted molar refractivity (Wildman–Crippen MR) is 91.1 cm³/mol. The third-order valence-corrected chi connectivity index (χ3v) is 3.78. The molecule has 0 saturated carbocycles. The Morgan fingerprint density at radius 1 is 0.957 bits per heavy atom. The van der Waals surface area contributed by atoms with E-state index in [1.807, 2.05) is 32.0 Å². The Morgan fingerprint density at radius 3 is 2.26 bits per heavy atom. The highest BCUT2D eigenvalue weighted by molar-refractivity contribution is 6.00. The average molecular weight is 311 g/mol. The quantitative estimate of drug-likeness (QED) is 0.823. The summed E-state index contributed by atoms with van der Waals surface area (Å²) in [6, 6.07) is 12.7. The molecule has 4 heteroatoms. The highest BCUT2D eigenvalue weighted by Crippen LogP contribution is 2.16. The Labute approximate surface area is 136 Å². The molecule has 23 heavy (non-hydrogen) atoms. The Kier molecular flexibility index (Phi) is 5.52. The molecule has 0 atom stereocenters. The second-order valence-corrected chi connectivity index (χ2v) is 5.50. The lowest BCUT2D eigenvalue weighted by Crippen LogP contribution is -2.13. The van der Waals surface area contributed by atoms with Gasteiger partial charge in [0.1, 0.15) is 5.75 Å². The number of nitrogens with one attached hydrogen (secondary N) is 1. The van der Waals surface area contributed by atoms with Gasteiger partial charge in [0.2, 0.25) is 5.91 Å². The molecule has 4 nitrogen and oxygen atoms in total. The van der Waals surface area contributed by atoms with Crippen LogP contribution in [0.4, 0.5) is 5.69 Å². The largest absolute Gasteiger partial charge is 0.497 e. The smallest absolute Gasteiger partial charge is 0.224 e. The second kappa shape index (κ2) is 7.58. The van der Waals surface area contributed by atoms with E-state index in [2.05, 4.69) is 5.32 Å². The third-order valence-electron chi connectivity index (χ3n) is 3.78. The molecule has 1 N–H and O–H groups in total. The molecule has 2 rings (SSSR count). The van der Waals surface area contributed by atoms with Gasteiger partial charge in [-0.3, -0.25) is 9.59 Å². The molecular weight excluding hydrogens is 290 g/mol. The number of ether oxygens (including phenoxy) is 1. The maximum atomic E-state index is 12.2. The van der Waals surface area contributed by atoms with Crippen LogP contribution >= 0.6 is 0 Å². The first-order valence-corrected chi connectivity index (χ1v) is 7.54. The molecule has 0 unspecified atom stereocenters. The number of rotatable bonds is 6. The SMILES string of the molecule is COc1ccc(NC(=O)CCC(=O)c2ccc(C)c(C)c2)cc1. The summed E-state index contributed by atoms with van der Waals surface area (Å²) in [5, 5.41) is 2.77. The van der Waals surface area contributed by atoms with Crippen molar-refractivity contribution in [3.8, 4) is 5.75 Å². The van der Waals surface area contributed by atoms with Gasteiger partial charge < -0.3 is 10.1 Å². The number of hydrogen-bond acceptors (Lipinski definition) is 3. The molecule has 0 aliphatic heterocycles. The Bertz CT molecular complexity index is 705. The maximum absolute atomic E-state index is 12.2. The number of anilines is 1. The van der Waals surface area contributed by atoms with Crippen LogP contribution in [-0.2, 0) is 4.79 Å². The molecule has 0 aromatic heterocycles. The first-order chi connectivity index (χ1) is 11.0. The number of ketones is 1. The minimum absolute atomic E-state index is 0.0158. The first-order valence-electron chi connectivity index (χ1n) is 7.54. The number of amides is 1. The number of methoxy groups -OCH3 is 1. The van der Waals surface area contributed by atoms with Gasteiger partial charge in [-0.2, -0.15) is 0 Å². The van der Waals surface area contributed by atoms with E-state index in [4.69, 9.17) is 4.74 Å². The Morgan fingerprint density at radius 2 is 1.65 bits per heavy atom. The molecule has 0 aliphatic carbocycles. The third kappa shape index (κ3) is 4.68. The van der Waals surface area contributed by atoms with Gasteiger partial charge in [-0.15, -0.1) is 0 Å². The van der Waals surface area contributed by atoms with Crippen molar-refractivity contribution >= 4 is 17.4 Å². The van der Waals surface area contributed by atoms with Gasteiger partial charge in [0.25, 0.3) is 0 Å². The van der Waals surface area contributed by atoms with E-state index in [9.17, 15) is 9.59 Å². The van der Waals surface area contributed by atoms with Crippen molar-refractivity contribution in [1.82, 2.24) is 0 Å². The molecule has 0 spiro atoms. The molecule has 0 aliphatic rings. The fourth-order valence-electron chi connectivity index (χ4n) is 2.18. The van der Waals surface area contributed by atoms with Crippen LogP contribution in [0.15, 0.2) is 42.5 Å². The number of aryl methyl sites for hydroxylation is 2. The summed E-state index contributed by atoms with van der Waals surface area (Å²) in [4.78, 5) is 24.1. The summed E-state index contributed by atoms with van der Waals surface area (Å²) in [7, 11) is 1.59. The molecular formula is C19H21NO3. The summed E-state index contributed by atoms with van der Waals surface area (Å²) < 4.78 is 5.06. The predicted octanol–water partition coefficient (Wildman–Crippen LogP) is 3.91. The van der Waals surface area contributed by atoms with Crippen LogP contribution in [0, 0.1) is 13.8 Å². The molecule has 0 fully saturated rings. The topological polar surface area (TPSA) is 55.4 Å². The summed E-state index contributed by atoms with van der Waals surface area (Å²) in [5.41, 5.74) is 3.58. The Hall–Kier alpha value is -2.62. The van der Waals surface area contributed by atoms with Gasteiger partial charge in [-0.1, -0.05) is 12.1 Å². The van der Waals surface area contributed by atoms with Crippen LogP contribution < -0.4 is 10.1 Å². The van der Waals surface area contributed by atoms with Crippen LogP contribution in [0.1, 0.15) is 34.3 Å². The van der Waals surface area contributed by atoms with Crippen molar-refractivity contribution in [3.63, 3.8) is 0 Å². The number of Topliss-reactive ketones (excluding diaryl/α,β-unsaturated/α-hetero) is 1. The molecule has 0 heterocycles. The second-order valence-electron chi connectivity index (χ2n) is 5.50. The lowest BCUT2D eigenvalue weighted by atomic mass is 10.0. The van der Waals surface area contributed by atoms with Crippen molar-refractivity contribution in [2.45, 2.75) is 26.7 Å². The van der Waals surface area contributed by atoms with Crippen molar-refractivity contribution in [1.29, 1.82) is 0 Å². The lowest BCUT2D eigenvalue weighted by Gasteiger charge is -2.07. The summed E-state index contributed by atoms with van der Waals surface area (Å²) in [5.74, 6) is 0.540. The van der Waals surface area contributed by atoms with Crippen molar-refractivity contribution in [2.75, 3.05) is 12.4 Å². The molecule has 2 aromatic rings. The molecule has 1 amide bonds. The minimum atomic E-state index is -0.174. The van der Waals surface area contributed by atoms with E-state index in [0.717, 1.165) is 16.9 Å². The zero-order valence-electron chi connectivity index (χ0n) is 13.7. The van der Waals surface area contributed by atoms with Gasteiger partial charge in [0.05, 0.1) is 7.11 Å². The number of hydrogen-bond donors (Lipinski definition) is 1. The van der Waals surface area contributed by atoms with E-state index in [-0.39, 0.29) is 24.5 Å². The normalized spacial score (nSPS) is 10.2. The van der Waals surface area contributed by atoms with Gasteiger partial charge in [0.15, 0.2) is 5.78 Å². The molecule has 0 saturated heterocycles. The molecule has 0 radical (unpaired) electrons. The zero-order valence-corrected chi connectivity index (χ0v) is 13.7. The van der Waals surface area contributed by atoms with Crippen molar-refractivity contribution < 1.29 is 14.3 Å². The van der Waals surface area contributed by atoms with Crippen LogP contribution in [0.5, 0.6) is 5.75 Å². The molecule has 2 aromatic carbocycles.